The molecule has 0 bridgehead atoms. The van der Waals surface area contributed by atoms with Crippen molar-refractivity contribution < 1.29 is 5.11 Å². The van der Waals surface area contributed by atoms with Gasteiger partial charge in [0.25, 0.3) is 0 Å². The van der Waals surface area contributed by atoms with Crippen LogP contribution in [0.25, 0.3) is 0 Å². The summed E-state index contributed by atoms with van der Waals surface area (Å²) >= 11 is 0. The zero-order valence-corrected chi connectivity index (χ0v) is 13.4. The second-order valence-electron chi connectivity index (χ2n) is 9.19. The van der Waals surface area contributed by atoms with Gasteiger partial charge in [-0.15, -0.1) is 0 Å². The van der Waals surface area contributed by atoms with Crippen LogP contribution in [0.5, 0.6) is 0 Å². The number of fused-ring (bicyclic) bond motifs is 5. The number of rotatable bonds is 0. The lowest BCUT2D eigenvalue weighted by Crippen LogP contribution is -2.51. The Kier molecular flexibility index (Phi) is 3.05. The van der Waals surface area contributed by atoms with Crippen molar-refractivity contribution in [3.8, 4) is 0 Å². The first kappa shape index (κ1) is 13.6. The topological polar surface area (TPSA) is 20.2 Å². The van der Waals surface area contributed by atoms with Gasteiger partial charge in [0.15, 0.2) is 0 Å². The molecule has 1 nitrogen and oxygen atoms in total. The minimum absolute atomic E-state index is 0.000588. The lowest BCUT2D eigenvalue weighted by Gasteiger charge is -2.60. The van der Waals surface area contributed by atoms with Gasteiger partial charge in [-0.25, -0.2) is 0 Å². The van der Waals surface area contributed by atoms with Crippen LogP contribution in [-0.4, -0.2) is 11.2 Å². The van der Waals surface area contributed by atoms with E-state index in [0.717, 1.165) is 36.5 Å². The first-order valence-electron chi connectivity index (χ1n) is 9.21. The molecule has 0 aromatic rings. The van der Waals surface area contributed by atoms with E-state index in [0.29, 0.717) is 10.8 Å². The van der Waals surface area contributed by atoms with E-state index in [1.54, 1.807) is 0 Å². The SMILES string of the molecule is C[C@]12CC[C@@H]3[C@H](CC[C@H]4CCCC[C@@]43C)[C@H]1C[C@@H](O)C2. The fraction of sp³-hybridized carbons (Fsp3) is 1.00. The molecular formula is C19H32O. The third-order valence-corrected chi connectivity index (χ3v) is 8.33. The number of hydrogen-bond donors (Lipinski definition) is 1. The summed E-state index contributed by atoms with van der Waals surface area (Å²) in [7, 11) is 0. The summed E-state index contributed by atoms with van der Waals surface area (Å²) in [5.41, 5.74) is 1.12. The van der Waals surface area contributed by atoms with E-state index in [-0.39, 0.29) is 6.10 Å². The van der Waals surface area contributed by atoms with Crippen molar-refractivity contribution in [1.29, 1.82) is 0 Å². The molecule has 4 saturated carbocycles. The van der Waals surface area contributed by atoms with E-state index < -0.39 is 0 Å². The van der Waals surface area contributed by atoms with Gasteiger partial charge in [0.2, 0.25) is 0 Å². The van der Waals surface area contributed by atoms with Gasteiger partial charge >= 0.3 is 0 Å². The predicted molar refractivity (Wildman–Crippen MR) is 82.4 cm³/mol. The van der Waals surface area contributed by atoms with Crippen LogP contribution >= 0.6 is 0 Å². The Balaban J connectivity index is 1.64. The van der Waals surface area contributed by atoms with Gasteiger partial charge in [0, 0.05) is 0 Å². The van der Waals surface area contributed by atoms with E-state index in [1.165, 1.54) is 51.4 Å². The first-order chi connectivity index (χ1) is 9.53. The van der Waals surface area contributed by atoms with Crippen LogP contribution in [0, 0.1) is 34.5 Å². The Hall–Kier alpha value is -0.0400. The molecule has 0 unspecified atom stereocenters. The normalized spacial score (nSPS) is 58.6. The van der Waals surface area contributed by atoms with E-state index in [4.69, 9.17) is 0 Å². The van der Waals surface area contributed by atoms with E-state index in [1.807, 2.05) is 0 Å². The average molecular weight is 276 g/mol. The van der Waals surface area contributed by atoms with E-state index in [9.17, 15) is 5.11 Å². The molecule has 0 saturated heterocycles. The van der Waals surface area contributed by atoms with Crippen LogP contribution in [0.2, 0.25) is 0 Å². The second-order valence-corrected chi connectivity index (χ2v) is 9.19. The Morgan fingerprint density at radius 3 is 2.60 bits per heavy atom. The van der Waals surface area contributed by atoms with Gasteiger partial charge in [-0.05, 0) is 85.9 Å². The van der Waals surface area contributed by atoms with Crippen LogP contribution in [0.4, 0.5) is 0 Å². The summed E-state index contributed by atoms with van der Waals surface area (Å²) in [4.78, 5) is 0. The number of hydrogen-bond acceptors (Lipinski definition) is 1. The fourth-order valence-corrected chi connectivity index (χ4v) is 7.32. The highest BCUT2D eigenvalue weighted by molar-refractivity contribution is 5.07. The molecule has 114 valence electrons. The molecule has 0 aromatic carbocycles. The molecule has 4 aliphatic carbocycles. The Bertz CT molecular complexity index is 391. The largest absolute Gasteiger partial charge is 0.393 e. The van der Waals surface area contributed by atoms with Gasteiger partial charge in [0.1, 0.15) is 0 Å². The summed E-state index contributed by atoms with van der Waals surface area (Å²) in [5, 5.41) is 10.2. The standard InChI is InChI=1S/C19H32O/c1-18-10-8-16-15(17(18)11-14(20)12-18)7-6-13-5-3-4-9-19(13,16)2/h13-17,20H,3-12H2,1-2H3/t13-,14-,15+,16-,17-,18-,19+/m1/s1. The maximum Gasteiger partial charge on any atom is 0.0548 e. The number of aliphatic hydroxyl groups excluding tert-OH is 1. The highest BCUT2D eigenvalue weighted by Gasteiger charge is 2.58. The molecule has 0 heterocycles. The molecule has 0 spiro atoms. The van der Waals surface area contributed by atoms with E-state index in [2.05, 4.69) is 13.8 Å². The average Bonchev–Trinajstić information content (AvgIpc) is 2.72. The lowest BCUT2D eigenvalue weighted by molar-refractivity contribution is -0.103. The van der Waals surface area contributed by atoms with Gasteiger partial charge in [-0.1, -0.05) is 26.7 Å². The van der Waals surface area contributed by atoms with Crippen molar-refractivity contribution in [2.24, 2.45) is 34.5 Å². The molecule has 7 atom stereocenters. The maximum absolute atomic E-state index is 10.2. The lowest BCUT2D eigenvalue weighted by atomic mass is 9.45. The maximum atomic E-state index is 10.2. The fourth-order valence-electron chi connectivity index (χ4n) is 7.32. The Labute approximate surface area is 124 Å². The molecule has 0 aromatic heterocycles. The first-order valence-corrected chi connectivity index (χ1v) is 9.21. The van der Waals surface area contributed by atoms with Gasteiger partial charge < -0.3 is 5.11 Å². The van der Waals surface area contributed by atoms with Crippen molar-refractivity contribution in [1.82, 2.24) is 0 Å². The third kappa shape index (κ3) is 1.77. The Morgan fingerprint density at radius 2 is 1.75 bits per heavy atom. The van der Waals surface area contributed by atoms with Gasteiger partial charge in [0.05, 0.1) is 6.10 Å². The summed E-state index contributed by atoms with van der Waals surface area (Å²) in [5.74, 6) is 3.76. The molecule has 0 amide bonds. The molecule has 1 heteroatoms. The summed E-state index contributed by atoms with van der Waals surface area (Å²) in [6, 6.07) is 0. The van der Waals surface area contributed by atoms with Crippen molar-refractivity contribution in [2.45, 2.75) is 84.2 Å². The van der Waals surface area contributed by atoms with Crippen LogP contribution < -0.4 is 0 Å². The molecule has 4 aliphatic rings. The molecule has 0 radical (unpaired) electrons. The highest BCUT2D eigenvalue weighted by Crippen LogP contribution is 2.66. The molecular weight excluding hydrogens is 244 g/mol. The monoisotopic (exact) mass is 276 g/mol. The number of aliphatic hydroxyl groups is 1. The van der Waals surface area contributed by atoms with Crippen LogP contribution in [0.1, 0.15) is 78.1 Å². The minimum Gasteiger partial charge on any atom is -0.393 e. The van der Waals surface area contributed by atoms with E-state index >= 15 is 0 Å². The van der Waals surface area contributed by atoms with Crippen molar-refractivity contribution in [3.63, 3.8) is 0 Å². The van der Waals surface area contributed by atoms with Crippen molar-refractivity contribution >= 4 is 0 Å². The molecule has 0 aliphatic heterocycles. The Morgan fingerprint density at radius 1 is 0.900 bits per heavy atom. The zero-order chi connectivity index (χ0) is 14.0. The molecule has 20 heavy (non-hydrogen) atoms. The smallest absolute Gasteiger partial charge is 0.0548 e. The van der Waals surface area contributed by atoms with Crippen LogP contribution in [-0.2, 0) is 0 Å². The van der Waals surface area contributed by atoms with Gasteiger partial charge in [-0.3, -0.25) is 0 Å². The van der Waals surface area contributed by atoms with Crippen LogP contribution in [0.15, 0.2) is 0 Å². The molecule has 1 N–H and O–H groups in total. The highest BCUT2D eigenvalue weighted by atomic mass is 16.3. The zero-order valence-electron chi connectivity index (χ0n) is 13.4. The summed E-state index contributed by atoms with van der Waals surface area (Å²) in [6.07, 6.45) is 13.9. The second kappa shape index (κ2) is 4.48. The van der Waals surface area contributed by atoms with Crippen LogP contribution in [0.3, 0.4) is 0 Å². The van der Waals surface area contributed by atoms with Crippen molar-refractivity contribution in [2.75, 3.05) is 0 Å². The predicted octanol–water partition coefficient (Wildman–Crippen LogP) is 4.78. The minimum atomic E-state index is 0.000588. The van der Waals surface area contributed by atoms with Crippen molar-refractivity contribution in [3.05, 3.63) is 0 Å². The molecule has 4 rings (SSSR count). The van der Waals surface area contributed by atoms with Gasteiger partial charge in [-0.2, -0.15) is 0 Å². The molecule has 4 fully saturated rings. The summed E-state index contributed by atoms with van der Waals surface area (Å²) in [6.45, 7) is 5.13. The third-order valence-electron chi connectivity index (χ3n) is 8.33. The summed E-state index contributed by atoms with van der Waals surface area (Å²) < 4.78 is 0. The quantitative estimate of drug-likeness (QED) is 0.675.